The molecule has 0 amide bonds. The minimum Gasteiger partial charge on any atom is -0.381 e. The Balaban J connectivity index is 2.48. The second-order valence-corrected chi connectivity index (χ2v) is 5.37. The van der Waals surface area contributed by atoms with Gasteiger partial charge in [-0.25, -0.2) is 0 Å². The van der Waals surface area contributed by atoms with Crippen LogP contribution in [0, 0.1) is 5.41 Å². The molecule has 1 rings (SSSR count). The molecule has 0 spiro atoms. The highest BCUT2D eigenvalue weighted by Crippen LogP contribution is 2.30. The van der Waals surface area contributed by atoms with Gasteiger partial charge in [-0.3, -0.25) is 0 Å². The molecule has 0 aromatic heterocycles. The molecular weight excluding hydrogens is 200 g/mol. The van der Waals surface area contributed by atoms with Gasteiger partial charge in [-0.1, -0.05) is 13.3 Å². The standard InChI is InChI=1S/C13H28N2O/c1-4-5-12(2)15(3)11-13(10-14)6-8-16-9-7-13/h12H,4-11,14H2,1-3H3. The lowest BCUT2D eigenvalue weighted by atomic mass is 9.79. The molecule has 2 N–H and O–H groups in total. The van der Waals surface area contributed by atoms with E-state index in [1.54, 1.807) is 0 Å². The van der Waals surface area contributed by atoms with Crippen LogP contribution in [0.15, 0.2) is 0 Å². The lowest BCUT2D eigenvalue weighted by molar-refractivity contribution is -0.00189. The highest BCUT2D eigenvalue weighted by Gasteiger charge is 2.33. The number of nitrogens with zero attached hydrogens (tertiary/aromatic N) is 1. The SMILES string of the molecule is CCCC(C)N(C)CC1(CN)CCOCC1. The maximum Gasteiger partial charge on any atom is 0.0472 e. The molecule has 1 unspecified atom stereocenters. The van der Waals surface area contributed by atoms with Crippen molar-refractivity contribution in [1.82, 2.24) is 4.90 Å². The first-order valence-electron chi connectivity index (χ1n) is 6.61. The summed E-state index contributed by atoms with van der Waals surface area (Å²) in [6.45, 7) is 8.23. The molecule has 3 heteroatoms. The molecule has 16 heavy (non-hydrogen) atoms. The molecule has 1 heterocycles. The van der Waals surface area contributed by atoms with Gasteiger partial charge in [0.05, 0.1) is 0 Å². The van der Waals surface area contributed by atoms with E-state index in [0.29, 0.717) is 11.5 Å². The van der Waals surface area contributed by atoms with Gasteiger partial charge in [-0.05, 0) is 45.2 Å². The molecular formula is C13H28N2O. The maximum absolute atomic E-state index is 5.98. The Morgan fingerprint density at radius 1 is 1.38 bits per heavy atom. The number of ether oxygens (including phenoxy) is 1. The quantitative estimate of drug-likeness (QED) is 0.754. The van der Waals surface area contributed by atoms with Crippen LogP contribution >= 0.6 is 0 Å². The van der Waals surface area contributed by atoms with Crippen molar-refractivity contribution in [2.45, 2.75) is 45.6 Å². The monoisotopic (exact) mass is 228 g/mol. The summed E-state index contributed by atoms with van der Waals surface area (Å²) in [4.78, 5) is 2.47. The van der Waals surface area contributed by atoms with E-state index in [1.807, 2.05) is 0 Å². The molecule has 1 aliphatic rings. The van der Waals surface area contributed by atoms with E-state index >= 15 is 0 Å². The molecule has 0 aromatic carbocycles. The zero-order valence-electron chi connectivity index (χ0n) is 11.2. The molecule has 0 saturated carbocycles. The van der Waals surface area contributed by atoms with E-state index in [-0.39, 0.29) is 0 Å². The topological polar surface area (TPSA) is 38.5 Å². The lowest BCUT2D eigenvalue weighted by Gasteiger charge is -2.40. The summed E-state index contributed by atoms with van der Waals surface area (Å²) in [5.41, 5.74) is 6.28. The summed E-state index contributed by atoms with van der Waals surface area (Å²) < 4.78 is 5.44. The zero-order chi connectivity index (χ0) is 12.0. The van der Waals surface area contributed by atoms with Crippen LogP contribution in [0.5, 0.6) is 0 Å². The summed E-state index contributed by atoms with van der Waals surface area (Å²) in [6, 6.07) is 0.663. The van der Waals surface area contributed by atoms with Gasteiger partial charge >= 0.3 is 0 Å². The number of hydrogen-bond acceptors (Lipinski definition) is 3. The number of hydrogen-bond donors (Lipinski definition) is 1. The van der Waals surface area contributed by atoms with Crippen LogP contribution < -0.4 is 5.73 Å². The highest BCUT2D eigenvalue weighted by atomic mass is 16.5. The Morgan fingerprint density at radius 3 is 2.50 bits per heavy atom. The molecule has 96 valence electrons. The fourth-order valence-electron chi connectivity index (χ4n) is 2.55. The molecule has 1 fully saturated rings. The Hall–Kier alpha value is -0.120. The van der Waals surface area contributed by atoms with E-state index in [1.165, 1.54) is 12.8 Å². The van der Waals surface area contributed by atoms with Gasteiger partial charge in [0.15, 0.2) is 0 Å². The fourth-order valence-corrected chi connectivity index (χ4v) is 2.55. The molecule has 0 aromatic rings. The van der Waals surface area contributed by atoms with Crippen molar-refractivity contribution in [3.8, 4) is 0 Å². The van der Waals surface area contributed by atoms with Crippen LogP contribution in [-0.4, -0.2) is 44.3 Å². The van der Waals surface area contributed by atoms with Crippen LogP contribution in [-0.2, 0) is 4.74 Å². The Morgan fingerprint density at radius 2 is 2.00 bits per heavy atom. The highest BCUT2D eigenvalue weighted by molar-refractivity contribution is 4.86. The predicted octanol–water partition coefficient (Wildman–Crippen LogP) is 1.86. The van der Waals surface area contributed by atoms with Crippen molar-refractivity contribution in [2.75, 3.05) is 33.4 Å². The van der Waals surface area contributed by atoms with Crippen molar-refractivity contribution in [2.24, 2.45) is 11.1 Å². The van der Waals surface area contributed by atoms with Crippen LogP contribution in [0.3, 0.4) is 0 Å². The van der Waals surface area contributed by atoms with Crippen molar-refractivity contribution in [3.05, 3.63) is 0 Å². The first-order chi connectivity index (χ1) is 7.63. The Bertz CT molecular complexity index is 190. The summed E-state index contributed by atoms with van der Waals surface area (Å²) in [5, 5.41) is 0. The van der Waals surface area contributed by atoms with Gasteiger partial charge in [0.1, 0.15) is 0 Å². The molecule has 1 atom stereocenters. The molecule has 0 aliphatic carbocycles. The summed E-state index contributed by atoms with van der Waals surface area (Å²) >= 11 is 0. The maximum atomic E-state index is 5.98. The van der Waals surface area contributed by atoms with E-state index in [9.17, 15) is 0 Å². The van der Waals surface area contributed by atoms with Gasteiger partial charge in [0, 0.05) is 25.8 Å². The molecule has 1 aliphatic heterocycles. The van der Waals surface area contributed by atoms with Crippen LogP contribution in [0.25, 0.3) is 0 Å². The second-order valence-electron chi connectivity index (χ2n) is 5.37. The fraction of sp³-hybridized carbons (Fsp3) is 1.00. The van der Waals surface area contributed by atoms with Crippen molar-refractivity contribution in [3.63, 3.8) is 0 Å². The average Bonchev–Trinajstić information content (AvgIpc) is 2.30. The molecule has 1 saturated heterocycles. The Labute approximate surface area is 100 Å². The summed E-state index contributed by atoms with van der Waals surface area (Å²) in [6.07, 6.45) is 4.76. The van der Waals surface area contributed by atoms with E-state index < -0.39 is 0 Å². The average molecular weight is 228 g/mol. The minimum absolute atomic E-state index is 0.301. The lowest BCUT2D eigenvalue weighted by Crippen LogP contribution is -2.47. The third kappa shape index (κ3) is 3.72. The predicted molar refractivity (Wildman–Crippen MR) is 68.5 cm³/mol. The van der Waals surface area contributed by atoms with E-state index in [0.717, 1.165) is 39.1 Å². The normalized spacial score (nSPS) is 22.3. The van der Waals surface area contributed by atoms with Gasteiger partial charge in [-0.2, -0.15) is 0 Å². The largest absolute Gasteiger partial charge is 0.381 e. The Kier molecular flexibility index (Phi) is 5.73. The van der Waals surface area contributed by atoms with Gasteiger partial charge in [0.25, 0.3) is 0 Å². The van der Waals surface area contributed by atoms with Gasteiger partial charge in [0.2, 0.25) is 0 Å². The minimum atomic E-state index is 0.301. The third-order valence-corrected chi connectivity index (χ3v) is 4.03. The van der Waals surface area contributed by atoms with Gasteiger partial charge in [-0.15, -0.1) is 0 Å². The van der Waals surface area contributed by atoms with Crippen LogP contribution in [0.4, 0.5) is 0 Å². The van der Waals surface area contributed by atoms with Crippen molar-refractivity contribution >= 4 is 0 Å². The van der Waals surface area contributed by atoms with Gasteiger partial charge < -0.3 is 15.4 Å². The zero-order valence-corrected chi connectivity index (χ0v) is 11.2. The van der Waals surface area contributed by atoms with E-state index in [2.05, 4.69) is 25.8 Å². The number of rotatable bonds is 6. The third-order valence-electron chi connectivity index (χ3n) is 4.03. The van der Waals surface area contributed by atoms with Crippen molar-refractivity contribution in [1.29, 1.82) is 0 Å². The number of nitrogens with two attached hydrogens (primary N) is 1. The summed E-state index contributed by atoms with van der Waals surface area (Å²) in [5.74, 6) is 0. The second kappa shape index (κ2) is 6.58. The first kappa shape index (κ1) is 13.9. The molecule has 3 nitrogen and oxygen atoms in total. The van der Waals surface area contributed by atoms with Crippen LogP contribution in [0.2, 0.25) is 0 Å². The first-order valence-corrected chi connectivity index (χ1v) is 6.61. The molecule has 0 radical (unpaired) electrons. The smallest absolute Gasteiger partial charge is 0.0472 e. The summed E-state index contributed by atoms with van der Waals surface area (Å²) in [7, 11) is 2.23. The van der Waals surface area contributed by atoms with Crippen molar-refractivity contribution < 1.29 is 4.74 Å². The van der Waals surface area contributed by atoms with E-state index in [4.69, 9.17) is 10.5 Å². The van der Waals surface area contributed by atoms with Crippen LogP contribution in [0.1, 0.15) is 39.5 Å². The molecule has 0 bridgehead atoms.